The second-order valence-corrected chi connectivity index (χ2v) is 12.0. The van der Waals surface area contributed by atoms with Crippen LogP contribution in [0.2, 0.25) is 0 Å². The summed E-state index contributed by atoms with van der Waals surface area (Å²) in [5.74, 6) is 0.637. The molecule has 0 spiro atoms. The number of hydrogen-bond donors (Lipinski definition) is 1. The number of pyridine rings is 1. The lowest BCUT2D eigenvalue weighted by molar-refractivity contribution is -0.141. The highest BCUT2D eigenvalue weighted by molar-refractivity contribution is 7.14. The van der Waals surface area contributed by atoms with Crippen molar-refractivity contribution in [2.24, 2.45) is 11.8 Å². The number of carboxylic acids is 1. The maximum atomic E-state index is 13.9. The Morgan fingerprint density at radius 1 is 1.22 bits per heavy atom. The van der Waals surface area contributed by atoms with Crippen LogP contribution in [0.25, 0.3) is 22.6 Å². The van der Waals surface area contributed by atoms with Gasteiger partial charge in [0.15, 0.2) is 5.13 Å². The van der Waals surface area contributed by atoms with E-state index in [-0.39, 0.29) is 30.2 Å². The molecule has 3 aromatic rings. The quantitative estimate of drug-likeness (QED) is 0.343. The van der Waals surface area contributed by atoms with Crippen LogP contribution in [0.15, 0.2) is 34.2 Å². The number of carbonyl (C=O) groups is 3. The number of nitrogens with zero attached hydrogens (tertiary/aromatic N) is 4. The normalized spacial score (nSPS) is 18.6. The van der Waals surface area contributed by atoms with E-state index in [0.717, 1.165) is 49.0 Å². The first-order valence-corrected chi connectivity index (χ1v) is 15.2. The van der Waals surface area contributed by atoms with Crippen LogP contribution in [0.3, 0.4) is 0 Å². The molecule has 1 unspecified atom stereocenters. The largest absolute Gasteiger partial charge is 0.481 e. The van der Waals surface area contributed by atoms with Gasteiger partial charge in [0.25, 0.3) is 0 Å². The molecule has 6 rings (SSSR count). The molecule has 5 heterocycles. The van der Waals surface area contributed by atoms with Crippen LogP contribution < -0.4 is 9.80 Å². The standard InChI is InChI=1S/C30H34N4O6S/c1-18-13-23(28(40-18)20-4-7-25(31-16-20)33-10-2-3-26(33)35)24-17-41-30(32-24)34(22-5-6-22)29(38)21(15-27(36)37)14-19-8-11-39-12-9-19/h4,7,13,16-17,19,21-22H,2-3,5-6,8-12,14-15H2,1H3,(H,36,37). The third-order valence-electron chi connectivity index (χ3n) is 8.07. The number of carbonyl (C=O) groups excluding carboxylic acids is 2. The van der Waals surface area contributed by atoms with Gasteiger partial charge in [-0.25, -0.2) is 9.97 Å². The average molecular weight is 579 g/mol. The molecule has 10 nitrogen and oxygen atoms in total. The van der Waals surface area contributed by atoms with E-state index in [2.05, 4.69) is 4.98 Å². The Hall–Kier alpha value is -3.57. The third kappa shape index (κ3) is 6.06. The fourth-order valence-corrected chi connectivity index (χ4v) is 6.71. The molecule has 11 heteroatoms. The van der Waals surface area contributed by atoms with Gasteiger partial charge in [-0.2, -0.15) is 0 Å². The monoisotopic (exact) mass is 578 g/mol. The maximum absolute atomic E-state index is 13.9. The Balaban J connectivity index is 1.25. The molecule has 0 radical (unpaired) electrons. The van der Waals surface area contributed by atoms with Gasteiger partial charge in [-0.1, -0.05) is 0 Å². The first-order chi connectivity index (χ1) is 19.9. The van der Waals surface area contributed by atoms with E-state index in [1.165, 1.54) is 11.3 Å². The molecular weight excluding hydrogens is 544 g/mol. The van der Waals surface area contributed by atoms with Gasteiger partial charge in [-0.3, -0.25) is 24.2 Å². The van der Waals surface area contributed by atoms with Gasteiger partial charge >= 0.3 is 5.97 Å². The van der Waals surface area contributed by atoms with Gasteiger partial charge in [0.2, 0.25) is 11.8 Å². The summed E-state index contributed by atoms with van der Waals surface area (Å²) >= 11 is 1.39. The molecule has 3 aromatic heterocycles. The first kappa shape index (κ1) is 27.6. The molecule has 0 aromatic carbocycles. The van der Waals surface area contributed by atoms with Crippen molar-refractivity contribution in [2.45, 2.75) is 64.3 Å². The van der Waals surface area contributed by atoms with Gasteiger partial charge < -0.3 is 14.3 Å². The highest BCUT2D eigenvalue weighted by atomic mass is 32.1. The second kappa shape index (κ2) is 11.7. The zero-order valence-electron chi connectivity index (χ0n) is 23.1. The summed E-state index contributed by atoms with van der Waals surface area (Å²) in [7, 11) is 0. The topological polar surface area (TPSA) is 126 Å². The van der Waals surface area contributed by atoms with Gasteiger partial charge in [-0.05, 0) is 69.6 Å². The predicted molar refractivity (Wildman–Crippen MR) is 154 cm³/mol. The SMILES string of the molecule is Cc1cc(-c2csc(N(C(=O)C(CC(=O)O)CC3CCOCC3)C3CC3)n2)c(-c2ccc(N3CCCC3=O)nc2)o1. The van der Waals surface area contributed by atoms with Crippen molar-refractivity contribution in [3.8, 4) is 22.6 Å². The van der Waals surface area contributed by atoms with Crippen LogP contribution in [-0.4, -0.2) is 58.7 Å². The Kier molecular flexibility index (Phi) is 7.90. The van der Waals surface area contributed by atoms with Crippen molar-refractivity contribution in [1.82, 2.24) is 9.97 Å². The number of aliphatic carboxylic acids is 1. The minimum atomic E-state index is -0.960. The molecule has 1 N–H and O–H groups in total. The molecule has 1 atom stereocenters. The Bertz CT molecular complexity index is 1420. The number of amides is 2. The van der Waals surface area contributed by atoms with E-state index in [0.29, 0.717) is 55.0 Å². The molecule has 1 saturated carbocycles. The molecule has 2 amide bonds. The summed E-state index contributed by atoms with van der Waals surface area (Å²) in [5, 5.41) is 12.1. The van der Waals surface area contributed by atoms with Gasteiger partial charge in [0.05, 0.1) is 12.1 Å². The summed E-state index contributed by atoms with van der Waals surface area (Å²) in [6, 6.07) is 5.70. The van der Waals surface area contributed by atoms with Crippen LogP contribution in [0, 0.1) is 18.8 Å². The predicted octanol–water partition coefficient (Wildman–Crippen LogP) is 5.30. The van der Waals surface area contributed by atoms with Crippen LogP contribution in [-0.2, 0) is 19.1 Å². The molecule has 2 saturated heterocycles. The Morgan fingerprint density at radius 3 is 2.68 bits per heavy atom. The first-order valence-electron chi connectivity index (χ1n) is 14.3. The van der Waals surface area contributed by atoms with Crippen molar-refractivity contribution >= 4 is 40.1 Å². The molecule has 1 aliphatic carbocycles. The molecule has 3 fully saturated rings. The Labute approximate surface area is 242 Å². The van der Waals surface area contributed by atoms with E-state index in [9.17, 15) is 19.5 Å². The van der Waals surface area contributed by atoms with Crippen molar-refractivity contribution in [3.63, 3.8) is 0 Å². The van der Waals surface area contributed by atoms with E-state index < -0.39 is 11.9 Å². The Morgan fingerprint density at radius 2 is 2.02 bits per heavy atom. The van der Waals surface area contributed by atoms with Crippen LogP contribution in [0.5, 0.6) is 0 Å². The lowest BCUT2D eigenvalue weighted by atomic mass is 9.86. The van der Waals surface area contributed by atoms with Crippen molar-refractivity contribution in [2.75, 3.05) is 29.6 Å². The number of carboxylic acid groups (broad SMARTS) is 1. The smallest absolute Gasteiger partial charge is 0.304 e. The molecule has 41 heavy (non-hydrogen) atoms. The average Bonchev–Trinajstić information content (AvgIpc) is 3.31. The second-order valence-electron chi connectivity index (χ2n) is 11.2. The van der Waals surface area contributed by atoms with Crippen molar-refractivity contribution in [1.29, 1.82) is 0 Å². The number of anilines is 2. The number of aromatic nitrogens is 2. The summed E-state index contributed by atoms with van der Waals surface area (Å²) in [5.41, 5.74) is 2.25. The summed E-state index contributed by atoms with van der Waals surface area (Å²) in [6.07, 6.45) is 6.91. The highest BCUT2D eigenvalue weighted by Gasteiger charge is 2.40. The van der Waals surface area contributed by atoms with Crippen LogP contribution in [0.4, 0.5) is 10.9 Å². The lowest BCUT2D eigenvalue weighted by Crippen LogP contribution is -2.40. The molecule has 216 valence electrons. The molecule has 2 aliphatic heterocycles. The summed E-state index contributed by atoms with van der Waals surface area (Å²) in [6.45, 7) is 3.86. The number of furan rings is 1. The van der Waals surface area contributed by atoms with E-state index in [1.807, 2.05) is 30.5 Å². The maximum Gasteiger partial charge on any atom is 0.304 e. The molecule has 3 aliphatic rings. The molecule has 0 bridgehead atoms. The number of thiazole rings is 1. The van der Waals surface area contributed by atoms with E-state index >= 15 is 0 Å². The van der Waals surface area contributed by atoms with Crippen LogP contribution >= 0.6 is 11.3 Å². The molecular formula is C30H34N4O6S. The van der Waals surface area contributed by atoms with Gasteiger partial charge in [-0.15, -0.1) is 11.3 Å². The lowest BCUT2D eigenvalue weighted by Gasteiger charge is -2.29. The summed E-state index contributed by atoms with van der Waals surface area (Å²) in [4.78, 5) is 50.6. The fraction of sp³-hybridized carbons (Fsp3) is 0.500. The summed E-state index contributed by atoms with van der Waals surface area (Å²) < 4.78 is 11.5. The zero-order valence-corrected chi connectivity index (χ0v) is 23.9. The highest BCUT2D eigenvalue weighted by Crippen LogP contribution is 2.41. The minimum Gasteiger partial charge on any atom is -0.481 e. The van der Waals surface area contributed by atoms with Gasteiger partial charge in [0, 0.05) is 60.8 Å². The number of rotatable bonds is 10. The minimum absolute atomic E-state index is 0.0445. The van der Waals surface area contributed by atoms with E-state index in [1.54, 1.807) is 16.0 Å². The zero-order chi connectivity index (χ0) is 28.5. The van der Waals surface area contributed by atoms with Crippen molar-refractivity contribution < 1.29 is 28.6 Å². The van der Waals surface area contributed by atoms with E-state index in [4.69, 9.17) is 14.1 Å². The third-order valence-corrected chi connectivity index (χ3v) is 8.91. The number of aryl methyl sites for hydroxylation is 1. The number of hydrogen-bond acceptors (Lipinski definition) is 8. The van der Waals surface area contributed by atoms with Gasteiger partial charge in [0.1, 0.15) is 17.3 Å². The van der Waals surface area contributed by atoms with Crippen LogP contribution in [0.1, 0.15) is 57.1 Å². The fourth-order valence-electron chi connectivity index (χ4n) is 5.81. The number of ether oxygens (including phenoxy) is 1. The van der Waals surface area contributed by atoms with Crippen molar-refractivity contribution in [3.05, 3.63) is 35.5 Å².